The van der Waals surface area contributed by atoms with E-state index < -0.39 is 14.9 Å². The maximum atomic E-state index is 12.5. The molecule has 0 aromatic carbocycles. The highest BCUT2D eigenvalue weighted by Gasteiger charge is 2.62. The van der Waals surface area contributed by atoms with Gasteiger partial charge in [0.1, 0.15) is 5.60 Å². The van der Waals surface area contributed by atoms with Crippen molar-refractivity contribution >= 4 is 15.3 Å². The molecule has 0 aliphatic heterocycles. The molecule has 128 valence electrons. The van der Waals surface area contributed by atoms with Crippen LogP contribution in [0.1, 0.15) is 60.8 Å². The standard InChI is InChI=1S/C17H32O4Si/c1-7-19-22(20-8-2)17-10-13(9-12(17)3)14(11-17)15(18)21-16(4,5)6/h12-14,22H,7-11H2,1-6H3. The van der Waals surface area contributed by atoms with Gasteiger partial charge in [-0.15, -0.1) is 0 Å². The zero-order valence-electron chi connectivity index (χ0n) is 15.0. The van der Waals surface area contributed by atoms with E-state index in [9.17, 15) is 4.79 Å². The number of carbonyl (C=O) groups excluding carboxylic acids is 1. The third-order valence-corrected chi connectivity index (χ3v) is 8.52. The summed E-state index contributed by atoms with van der Waals surface area (Å²) in [6.45, 7) is 13.6. The molecule has 5 heteroatoms. The smallest absolute Gasteiger partial charge is 0.328 e. The molecule has 0 heterocycles. The van der Waals surface area contributed by atoms with Crippen molar-refractivity contribution in [2.45, 2.75) is 71.4 Å². The van der Waals surface area contributed by atoms with Crippen molar-refractivity contribution in [1.29, 1.82) is 0 Å². The van der Waals surface area contributed by atoms with Gasteiger partial charge >= 0.3 is 15.3 Å². The van der Waals surface area contributed by atoms with Crippen LogP contribution in [-0.2, 0) is 18.4 Å². The Labute approximate surface area is 136 Å². The lowest BCUT2D eigenvalue weighted by molar-refractivity contribution is -0.162. The molecule has 22 heavy (non-hydrogen) atoms. The second-order valence-corrected chi connectivity index (χ2v) is 10.4. The summed E-state index contributed by atoms with van der Waals surface area (Å²) >= 11 is 0. The fourth-order valence-corrected chi connectivity index (χ4v) is 7.30. The molecule has 2 aliphatic rings. The Bertz CT molecular complexity index is 400. The minimum Gasteiger partial charge on any atom is -0.460 e. The van der Waals surface area contributed by atoms with Crippen molar-refractivity contribution in [2.24, 2.45) is 17.8 Å². The largest absolute Gasteiger partial charge is 0.460 e. The molecule has 0 aromatic heterocycles. The fraction of sp³-hybridized carbons (Fsp3) is 0.941. The van der Waals surface area contributed by atoms with Crippen LogP contribution in [0, 0.1) is 17.8 Å². The summed E-state index contributed by atoms with van der Waals surface area (Å²) in [6.07, 6.45) is 3.08. The molecule has 0 spiro atoms. The summed E-state index contributed by atoms with van der Waals surface area (Å²) in [5, 5.41) is 0.109. The third-order valence-electron chi connectivity index (χ3n) is 5.26. The van der Waals surface area contributed by atoms with Crippen molar-refractivity contribution < 1.29 is 18.4 Å². The lowest BCUT2D eigenvalue weighted by Crippen LogP contribution is -2.42. The molecule has 0 aromatic rings. The molecule has 4 nitrogen and oxygen atoms in total. The maximum absolute atomic E-state index is 12.5. The minimum atomic E-state index is -1.78. The Morgan fingerprint density at radius 3 is 2.27 bits per heavy atom. The van der Waals surface area contributed by atoms with Crippen molar-refractivity contribution in [2.75, 3.05) is 13.2 Å². The second kappa shape index (κ2) is 6.61. The number of esters is 1. The van der Waals surface area contributed by atoms with Gasteiger partial charge in [-0.3, -0.25) is 4.79 Å². The highest BCUT2D eigenvalue weighted by atomic mass is 28.3. The van der Waals surface area contributed by atoms with Crippen LogP contribution >= 0.6 is 0 Å². The fourth-order valence-electron chi connectivity index (χ4n) is 4.39. The van der Waals surface area contributed by atoms with E-state index in [4.69, 9.17) is 13.6 Å². The van der Waals surface area contributed by atoms with E-state index in [0.29, 0.717) is 25.0 Å². The summed E-state index contributed by atoms with van der Waals surface area (Å²) in [5.74, 6) is 1.05. The van der Waals surface area contributed by atoms with Crippen LogP contribution < -0.4 is 0 Å². The van der Waals surface area contributed by atoms with E-state index in [1.807, 2.05) is 34.6 Å². The Kier molecular flexibility index (Phi) is 5.40. The number of ether oxygens (including phenoxy) is 1. The van der Waals surface area contributed by atoms with Crippen molar-refractivity contribution in [3.63, 3.8) is 0 Å². The van der Waals surface area contributed by atoms with Gasteiger partial charge in [-0.2, -0.15) is 0 Å². The Morgan fingerprint density at radius 1 is 1.18 bits per heavy atom. The Balaban J connectivity index is 2.14. The summed E-state index contributed by atoms with van der Waals surface area (Å²) in [5.41, 5.74) is -0.408. The number of carbonyl (C=O) groups is 1. The molecule has 4 atom stereocenters. The van der Waals surface area contributed by atoms with Gasteiger partial charge in [0.15, 0.2) is 0 Å². The molecular formula is C17H32O4Si. The van der Waals surface area contributed by atoms with E-state index in [2.05, 4.69) is 6.92 Å². The zero-order valence-corrected chi connectivity index (χ0v) is 16.1. The quantitative estimate of drug-likeness (QED) is 0.553. The predicted octanol–water partition coefficient (Wildman–Crippen LogP) is 3.43. The molecule has 2 bridgehead atoms. The average Bonchev–Trinajstić information content (AvgIpc) is 2.91. The van der Waals surface area contributed by atoms with Crippen molar-refractivity contribution in [3.05, 3.63) is 0 Å². The minimum absolute atomic E-state index is 0.0213. The van der Waals surface area contributed by atoms with Crippen molar-refractivity contribution in [1.82, 2.24) is 0 Å². The molecular weight excluding hydrogens is 296 g/mol. The average molecular weight is 329 g/mol. The first kappa shape index (κ1) is 18.0. The van der Waals surface area contributed by atoms with Gasteiger partial charge in [0, 0.05) is 18.3 Å². The van der Waals surface area contributed by atoms with Crippen LogP contribution in [0.2, 0.25) is 5.04 Å². The molecule has 2 rings (SSSR count). The number of hydrogen-bond donors (Lipinski definition) is 0. The molecule has 0 amide bonds. The van der Waals surface area contributed by atoms with Crippen LogP contribution in [0.15, 0.2) is 0 Å². The normalized spacial score (nSPS) is 34.4. The van der Waals surface area contributed by atoms with E-state index in [1.165, 1.54) is 0 Å². The Morgan fingerprint density at radius 2 is 1.77 bits per heavy atom. The van der Waals surface area contributed by atoms with Gasteiger partial charge in [0.2, 0.25) is 0 Å². The lowest BCUT2D eigenvalue weighted by atomic mass is 9.82. The van der Waals surface area contributed by atoms with E-state index in [-0.39, 0.29) is 16.9 Å². The molecule has 2 fully saturated rings. The first-order valence-electron chi connectivity index (χ1n) is 8.69. The Hall–Kier alpha value is -0.393. The van der Waals surface area contributed by atoms with Gasteiger partial charge in [-0.25, -0.2) is 0 Å². The van der Waals surface area contributed by atoms with Gasteiger partial charge in [-0.1, -0.05) is 6.92 Å². The first-order valence-corrected chi connectivity index (χ1v) is 10.2. The predicted molar refractivity (Wildman–Crippen MR) is 88.9 cm³/mol. The SMILES string of the molecule is CCO[SiH](OCC)C12CC(CC1C)C(C(=O)OC(C)(C)C)C2. The summed E-state index contributed by atoms with van der Waals surface area (Å²) in [4.78, 5) is 12.5. The molecule has 2 aliphatic carbocycles. The van der Waals surface area contributed by atoms with Gasteiger partial charge in [0.05, 0.1) is 5.92 Å². The summed E-state index contributed by atoms with van der Waals surface area (Å²) in [7, 11) is -1.78. The third kappa shape index (κ3) is 3.41. The molecule has 0 saturated heterocycles. The van der Waals surface area contributed by atoms with E-state index in [1.54, 1.807) is 0 Å². The van der Waals surface area contributed by atoms with Crippen LogP contribution in [0.3, 0.4) is 0 Å². The lowest BCUT2D eigenvalue weighted by Gasteiger charge is -2.39. The number of fused-ring (bicyclic) bond motifs is 2. The topological polar surface area (TPSA) is 44.8 Å². The number of hydrogen-bond acceptors (Lipinski definition) is 4. The monoisotopic (exact) mass is 328 g/mol. The van der Waals surface area contributed by atoms with Gasteiger partial charge in [0.25, 0.3) is 0 Å². The highest BCUT2D eigenvalue weighted by Crippen LogP contribution is 2.67. The van der Waals surface area contributed by atoms with Crippen LogP contribution in [0.4, 0.5) is 0 Å². The van der Waals surface area contributed by atoms with Gasteiger partial charge < -0.3 is 13.6 Å². The van der Waals surface area contributed by atoms with Crippen LogP contribution in [0.5, 0.6) is 0 Å². The molecule has 0 N–H and O–H groups in total. The second-order valence-electron chi connectivity index (χ2n) is 7.92. The molecule has 0 radical (unpaired) electrons. The van der Waals surface area contributed by atoms with E-state index in [0.717, 1.165) is 19.3 Å². The molecule has 4 unspecified atom stereocenters. The van der Waals surface area contributed by atoms with E-state index >= 15 is 0 Å². The molecule has 2 saturated carbocycles. The number of rotatable bonds is 6. The van der Waals surface area contributed by atoms with Crippen molar-refractivity contribution in [3.8, 4) is 0 Å². The highest BCUT2D eigenvalue weighted by molar-refractivity contribution is 6.49. The summed E-state index contributed by atoms with van der Waals surface area (Å²) in [6, 6.07) is 0. The van der Waals surface area contributed by atoms with Crippen LogP contribution in [-0.4, -0.2) is 34.1 Å². The first-order chi connectivity index (χ1) is 10.2. The maximum Gasteiger partial charge on any atom is 0.328 e. The van der Waals surface area contributed by atoms with Crippen LogP contribution in [0.25, 0.3) is 0 Å². The zero-order chi connectivity index (χ0) is 16.5. The summed E-state index contributed by atoms with van der Waals surface area (Å²) < 4.78 is 17.8. The van der Waals surface area contributed by atoms with Gasteiger partial charge in [-0.05, 0) is 65.7 Å².